The Morgan fingerprint density at radius 3 is 1.75 bits per heavy atom. The fourth-order valence-corrected chi connectivity index (χ4v) is 3.21. The smallest absolute Gasteiger partial charge is 0.307 e. The van der Waals surface area contributed by atoms with Gasteiger partial charge in [-0.05, 0) is 11.1 Å². The van der Waals surface area contributed by atoms with Gasteiger partial charge in [0, 0.05) is 7.05 Å². The first-order valence-electron chi connectivity index (χ1n) is 6.37. The lowest BCUT2D eigenvalue weighted by molar-refractivity contribution is 0.204. The topological polar surface area (TPSA) is 32.3 Å². The van der Waals surface area contributed by atoms with Crippen molar-refractivity contribution in [2.24, 2.45) is 0 Å². The van der Waals surface area contributed by atoms with Gasteiger partial charge < -0.3 is 4.90 Å². The number of nitrogens with one attached hydrogen (secondary N) is 1. The quantitative estimate of drug-likeness (QED) is 0.859. The molecule has 0 aliphatic carbocycles. The van der Waals surface area contributed by atoms with E-state index in [0.717, 1.165) is 11.1 Å². The van der Waals surface area contributed by atoms with Crippen molar-refractivity contribution in [2.45, 2.75) is 5.54 Å². The number of likely N-dealkylation sites (N-methyl/N-ethyl adjacent to an activating group) is 1. The Kier molecular flexibility index (Phi) is 3.03. The Hall–Kier alpha value is -2.20. The SMILES string of the molecule is CN1C(=O)NC(=S)C1(c1ccccc1)c1ccccc1. The molecule has 3 rings (SSSR count). The molecule has 0 unspecified atom stereocenters. The Morgan fingerprint density at radius 2 is 1.40 bits per heavy atom. The molecular formula is C16H14N2OS. The molecule has 2 amide bonds. The van der Waals surface area contributed by atoms with E-state index < -0.39 is 5.54 Å². The number of nitrogens with zero attached hydrogens (tertiary/aromatic N) is 1. The van der Waals surface area contributed by atoms with E-state index in [1.807, 2.05) is 60.7 Å². The largest absolute Gasteiger partial charge is 0.323 e. The molecule has 0 spiro atoms. The van der Waals surface area contributed by atoms with Crippen LogP contribution in [-0.4, -0.2) is 23.0 Å². The highest BCUT2D eigenvalue weighted by atomic mass is 32.1. The van der Waals surface area contributed by atoms with E-state index in [0.29, 0.717) is 4.99 Å². The Morgan fingerprint density at radius 1 is 0.950 bits per heavy atom. The molecule has 0 radical (unpaired) electrons. The Labute approximate surface area is 123 Å². The third-order valence-electron chi connectivity index (χ3n) is 3.74. The van der Waals surface area contributed by atoms with Crippen molar-refractivity contribution in [3.05, 3.63) is 71.8 Å². The van der Waals surface area contributed by atoms with Gasteiger partial charge in [0.2, 0.25) is 0 Å². The molecule has 3 nitrogen and oxygen atoms in total. The molecule has 100 valence electrons. The first-order chi connectivity index (χ1) is 9.67. The molecule has 1 aliphatic heterocycles. The minimum Gasteiger partial charge on any atom is -0.307 e. The first-order valence-corrected chi connectivity index (χ1v) is 6.78. The molecule has 1 aliphatic rings. The van der Waals surface area contributed by atoms with Gasteiger partial charge in [-0.3, -0.25) is 5.32 Å². The molecule has 0 saturated carbocycles. The fraction of sp³-hybridized carbons (Fsp3) is 0.125. The summed E-state index contributed by atoms with van der Waals surface area (Å²) >= 11 is 5.50. The molecular weight excluding hydrogens is 268 g/mol. The van der Waals surface area contributed by atoms with E-state index in [-0.39, 0.29) is 6.03 Å². The molecule has 2 aromatic rings. The number of thiocarbonyl (C=S) groups is 1. The predicted octanol–water partition coefficient (Wildman–Crippen LogP) is 2.91. The summed E-state index contributed by atoms with van der Waals surface area (Å²) in [6.45, 7) is 0. The van der Waals surface area contributed by atoms with Gasteiger partial charge in [-0.2, -0.15) is 0 Å². The van der Waals surface area contributed by atoms with Gasteiger partial charge in [0.25, 0.3) is 0 Å². The number of hydrogen-bond donors (Lipinski definition) is 1. The molecule has 0 aromatic heterocycles. The summed E-state index contributed by atoms with van der Waals surface area (Å²) in [5.74, 6) is 0. The minimum atomic E-state index is -0.727. The molecule has 1 N–H and O–H groups in total. The Bertz CT molecular complexity index is 615. The lowest BCUT2D eigenvalue weighted by Crippen LogP contribution is -2.45. The van der Waals surface area contributed by atoms with Crippen LogP contribution in [-0.2, 0) is 5.54 Å². The van der Waals surface area contributed by atoms with Crippen molar-refractivity contribution in [1.82, 2.24) is 10.2 Å². The van der Waals surface area contributed by atoms with Crippen LogP contribution in [0.25, 0.3) is 0 Å². The average Bonchev–Trinajstić information content (AvgIpc) is 2.72. The van der Waals surface area contributed by atoms with Crippen molar-refractivity contribution in [1.29, 1.82) is 0 Å². The normalized spacial score (nSPS) is 17.1. The van der Waals surface area contributed by atoms with Crippen molar-refractivity contribution >= 4 is 23.2 Å². The van der Waals surface area contributed by atoms with Crippen LogP contribution in [0.2, 0.25) is 0 Å². The highest BCUT2D eigenvalue weighted by molar-refractivity contribution is 7.80. The second kappa shape index (κ2) is 4.72. The van der Waals surface area contributed by atoms with E-state index in [4.69, 9.17) is 12.2 Å². The predicted molar refractivity (Wildman–Crippen MR) is 82.6 cm³/mol. The number of benzene rings is 2. The molecule has 2 aromatic carbocycles. The zero-order valence-electron chi connectivity index (χ0n) is 11.0. The maximum atomic E-state index is 12.1. The number of hydrogen-bond acceptors (Lipinski definition) is 2. The molecule has 1 heterocycles. The third-order valence-corrected chi connectivity index (χ3v) is 4.14. The molecule has 0 atom stereocenters. The van der Waals surface area contributed by atoms with Crippen LogP contribution >= 0.6 is 12.2 Å². The van der Waals surface area contributed by atoms with Gasteiger partial charge >= 0.3 is 6.03 Å². The van der Waals surface area contributed by atoms with Gasteiger partial charge in [-0.15, -0.1) is 0 Å². The van der Waals surface area contributed by atoms with Gasteiger partial charge in [0.15, 0.2) is 0 Å². The second-order valence-corrected chi connectivity index (χ2v) is 5.17. The third kappa shape index (κ3) is 1.65. The summed E-state index contributed by atoms with van der Waals surface area (Å²) in [6, 6.07) is 19.5. The molecule has 1 saturated heterocycles. The molecule has 1 fully saturated rings. The summed E-state index contributed by atoms with van der Waals surface area (Å²) in [5, 5.41) is 2.77. The van der Waals surface area contributed by atoms with Crippen LogP contribution in [0.15, 0.2) is 60.7 Å². The molecule has 20 heavy (non-hydrogen) atoms. The van der Waals surface area contributed by atoms with Crippen molar-refractivity contribution < 1.29 is 4.79 Å². The van der Waals surface area contributed by atoms with Gasteiger partial charge in [0.1, 0.15) is 10.5 Å². The molecule has 4 heteroatoms. The van der Waals surface area contributed by atoms with Gasteiger partial charge in [-0.25, -0.2) is 4.79 Å². The monoisotopic (exact) mass is 282 g/mol. The van der Waals surface area contributed by atoms with Crippen LogP contribution in [0.4, 0.5) is 4.79 Å². The summed E-state index contributed by atoms with van der Waals surface area (Å²) in [4.78, 5) is 14.3. The number of carbonyl (C=O) groups is 1. The Balaban J connectivity index is 2.30. The van der Waals surface area contributed by atoms with Gasteiger partial charge in [0.05, 0.1) is 0 Å². The van der Waals surface area contributed by atoms with Crippen LogP contribution in [0.3, 0.4) is 0 Å². The number of carbonyl (C=O) groups excluding carboxylic acids is 1. The number of rotatable bonds is 2. The number of urea groups is 1. The first kappa shape index (κ1) is 12.8. The summed E-state index contributed by atoms with van der Waals surface area (Å²) in [7, 11) is 1.77. The zero-order valence-corrected chi connectivity index (χ0v) is 11.9. The minimum absolute atomic E-state index is 0.178. The number of amides is 2. The van der Waals surface area contributed by atoms with E-state index in [9.17, 15) is 4.79 Å². The summed E-state index contributed by atoms with van der Waals surface area (Å²) in [6.07, 6.45) is 0. The van der Waals surface area contributed by atoms with Crippen molar-refractivity contribution in [3.63, 3.8) is 0 Å². The summed E-state index contributed by atoms with van der Waals surface area (Å²) in [5.41, 5.74) is 1.24. The lowest BCUT2D eigenvalue weighted by Gasteiger charge is -2.35. The summed E-state index contributed by atoms with van der Waals surface area (Å²) < 4.78 is 0. The van der Waals surface area contributed by atoms with Crippen molar-refractivity contribution in [2.75, 3.05) is 7.05 Å². The average molecular weight is 282 g/mol. The maximum Gasteiger partial charge on any atom is 0.323 e. The zero-order chi connectivity index (χ0) is 14.2. The highest BCUT2D eigenvalue weighted by Crippen LogP contribution is 2.39. The van der Waals surface area contributed by atoms with Crippen LogP contribution in [0.1, 0.15) is 11.1 Å². The second-order valence-electron chi connectivity index (χ2n) is 4.76. The highest BCUT2D eigenvalue weighted by Gasteiger charge is 2.50. The van der Waals surface area contributed by atoms with E-state index in [2.05, 4.69) is 5.32 Å². The van der Waals surface area contributed by atoms with Gasteiger partial charge in [-0.1, -0.05) is 72.9 Å². The fourth-order valence-electron chi connectivity index (χ4n) is 2.75. The van der Waals surface area contributed by atoms with E-state index in [1.165, 1.54) is 0 Å². The van der Waals surface area contributed by atoms with Crippen LogP contribution in [0.5, 0.6) is 0 Å². The maximum absolute atomic E-state index is 12.1. The van der Waals surface area contributed by atoms with Crippen molar-refractivity contribution in [3.8, 4) is 0 Å². The van der Waals surface area contributed by atoms with E-state index >= 15 is 0 Å². The van der Waals surface area contributed by atoms with E-state index in [1.54, 1.807) is 11.9 Å². The standard InChI is InChI=1S/C16H14N2OS/c1-18-15(19)17-14(20)16(18,12-8-4-2-5-9-12)13-10-6-3-7-11-13/h2-11H,1H3,(H,17,19,20). The lowest BCUT2D eigenvalue weighted by atomic mass is 9.82. The van der Waals surface area contributed by atoms with Crippen LogP contribution in [0, 0.1) is 0 Å². The van der Waals surface area contributed by atoms with Crippen LogP contribution < -0.4 is 5.32 Å². The molecule has 0 bridgehead atoms.